The summed E-state index contributed by atoms with van der Waals surface area (Å²) in [5, 5.41) is 22.1. The molecule has 170 valence electrons. The highest BCUT2D eigenvalue weighted by atomic mass is 16.6. The summed E-state index contributed by atoms with van der Waals surface area (Å²) in [5.41, 5.74) is 9.64. The van der Waals surface area contributed by atoms with Crippen LogP contribution in [0.3, 0.4) is 0 Å². The zero-order valence-electron chi connectivity index (χ0n) is 18.5. The third-order valence-corrected chi connectivity index (χ3v) is 4.76. The van der Waals surface area contributed by atoms with Crippen LogP contribution in [-0.2, 0) is 0 Å². The summed E-state index contributed by atoms with van der Waals surface area (Å²) in [7, 11) is 3.95. The molecule has 4 aromatic rings. The lowest BCUT2D eigenvalue weighted by Gasteiger charge is -2.12. The molecular formula is C23H21N9O2. The Morgan fingerprint density at radius 2 is 1.44 bits per heavy atom. The Labute approximate surface area is 195 Å². The van der Waals surface area contributed by atoms with Gasteiger partial charge in [-0.15, -0.1) is 0 Å². The smallest absolute Gasteiger partial charge is 0.269 e. The van der Waals surface area contributed by atoms with E-state index in [2.05, 4.69) is 30.5 Å². The molecule has 11 nitrogen and oxygen atoms in total. The first-order valence-electron chi connectivity index (χ1n) is 10.2. The fraction of sp³-hybridized carbons (Fsp3) is 0.0870. The van der Waals surface area contributed by atoms with Crippen molar-refractivity contribution < 1.29 is 4.92 Å². The molecule has 0 aliphatic carbocycles. The van der Waals surface area contributed by atoms with Gasteiger partial charge in [-0.25, -0.2) is 0 Å². The van der Waals surface area contributed by atoms with Crippen molar-refractivity contribution >= 4 is 40.3 Å². The first kappa shape index (κ1) is 22.3. The fourth-order valence-corrected chi connectivity index (χ4v) is 2.98. The van der Waals surface area contributed by atoms with Gasteiger partial charge >= 0.3 is 0 Å². The molecule has 0 saturated carbocycles. The highest BCUT2D eigenvalue weighted by Gasteiger charge is 2.08. The topological polar surface area (TPSA) is 148 Å². The molecule has 0 fully saturated rings. The lowest BCUT2D eigenvalue weighted by atomic mass is 10.2. The highest BCUT2D eigenvalue weighted by Crippen LogP contribution is 2.25. The SMILES string of the molecule is CN(C)c1ccc(-c2nc(N)nc(Nc3ccc(N=Nc4ccc([N+](=O)[O-])cc4)cc3)n2)cc1. The van der Waals surface area contributed by atoms with Gasteiger partial charge < -0.3 is 16.0 Å². The monoisotopic (exact) mass is 455 g/mol. The van der Waals surface area contributed by atoms with Crippen LogP contribution in [0.4, 0.5) is 40.3 Å². The first-order valence-corrected chi connectivity index (χ1v) is 10.2. The van der Waals surface area contributed by atoms with E-state index in [0.717, 1.165) is 16.9 Å². The summed E-state index contributed by atoms with van der Waals surface area (Å²) in [5.74, 6) is 0.894. The molecule has 0 bridgehead atoms. The van der Waals surface area contributed by atoms with Gasteiger partial charge in [-0.3, -0.25) is 10.1 Å². The number of nitrogen functional groups attached to an aromatic ring is 1. The van der Waals surface area contributed by atoms with Crippen LogP contribution in [0.15, 0.2) is 83.0 Å². The number of non-ortho nitro benzene ring substituents is 1. The van der Waals surface area contributed by atoms with E-state index in [1.807, 2.05) is 43.3 Å². The standard InChI is InChI=1S/C23H21N9O2/c1-31(2)19-11-3-15(4-12-19)21-26-22(24)28-23(27-21)25-16-5-7-17(8-6-16)29-30-18-9-13-20(14-10-18)32(33)34/h3-14H,1-2H3,(H3,24,25,26,27,28). The average Bonchev–Trinajstić information content (AvgIpc) is 2.83. The summed E-state index contributed by atoms with van der Waals surface area (Å²) in [6.07, 6.45) is 0. The van der Waals surface area contributed by atoms with Crippen LogP contribution < -0.4 is 16.0 Å². The Hall–Kier alpha value is -4.93. The van der Waals surface area contributed by atoms with E-state index in [0.29, 0.717) is 23.1 Å². The molecule has 3 N–H and O–H groups in total. The molecule has 34 heavy (non-hydrogen) atoms. The molecule has 0 atom stereocenters. The third kappa shape index (κ3) is 5.46. The average molecular weight is 455 g/mol. The second-order valence-electron chi connectivity index (χ2n) is 7.43. The van der Waals surface area contributed by atoms with Crippen LogP contribution in [0.2, 0.25) is 0 Å². The molecule has 0 spiro atoms. The number of hydrogen-bond donors (Lipinski definition) is 2. The van der Waals surface area contributed by atoms with Gasteiger partial charge in [-0.1, -0.05) is 0 Å². The fourth-order valence-electron chi connectivity index (χ4n) is 2.98. The van der Waals surface area contributed by atoms with Gasteiger partial charge in [0.1, 0.15) is 0 Å². The minimum absolute atomic E-state index is 0.00193. The molecule has 3 aromatic carbocycles. The number of nitrogens with one attached hydrogen (secondary N) is 1. The number of nitrogens with zero attached hydrogens (tertiary/aromatic N) is 7. The normalized spacial score (nSPS) is 10.9. The Kier molecular flexibility index (Phi) is 6.35. The molecule has 0 unspecified atom stereocenters. The van der Waals surface area contributed by atoms with Gasteiger partial charge in [0.25, 0.3) is 5.69 Å². The maximum atomic E-state index is 10.7. The van der Waals surface area contributed by atoms with Crippen LogP contribution in [0.25, 0.3) is 11.4 Å². The van der Waals surface area contributed by atoms with Crippen molar-refractivity contribution in [3.8, 4) is 11.4 Å². The maximum absolute atomic E-state index is 10.7. The Balaban J connectivity index is 1.46. The van der Waals surface area contributed by atoms with Crippen molar-refractivity contribution in [2.45, 2.75) is 0 Å². The molecular weight excluding hydrogens is 434 g/mol. The van der Waals surface area contributed by atoms with Gasteiger partial charge in [0.15, 0.2) is 5.82 Å². The van der Waals surface area contributed by atoms with E-state index in [1.165, 1.54) is 24.3 Å². The molecule has 0 radical (unpaired) electrons. The zero-order valence-corrected chi connectivity index (χ0v) is 18.5. The van der Waals surface area contributed by atoms with Gasteiger partial charge in [-0.2, -0.15) is 25.2 Å². The number of azo groups is 1. The number of nitro groups is 1. The lowest BCUT2D eigenvalue weighted by molar-refractivity contribution is -0.384. The summed E-state index contributed by atoms with van der Waals surface area (Å²) in [4.78, 5) is 25.1. The van der Waals surface area contributed by atoms with Crippen LogP contribution in [0.1, 0.15) is 0 Å². The first-order chi connectivity index (χ1) is 16.4. The number of nitrogens with two attached hydrogens (primary N) is 1. The third-order valence-electron chi connectivity index (χ3n) is 4.76. The number of nitro benzene ring substituents is 1. The summed E-state index contributed by atoms with van der Waals surface area (Å²) >= 11 is 0. The largest absolute Gasteiger partial charge is 0.378 e. The Morgan fingerprint density at radius 1 is 0.853 bits per heavy atom. The number of benzene rings is 3. The second kappa shape index (κ2) is 9.69. The van der Waals surface area contributed by atoms with E-state index < -0.39 is 4.92 Å². The van der Waals surface area contributed by atoms with E-state index >= 15 is 0 Å². The molecule has 1 aromatic heterocycles. The van der Waals surface area contributed by atoms with Gasteiger partial charge in [-0.05, 0) is 60.7 Å². The van der Waals surface area contributed by atoms with Crippen molar-refractivity contribution in [1.82, 2.24) is 15.0 Å². The molecule has 0 aliphatic rings. The van der Waals surface area contributed by atoms with Crippen molar-refractivity contribution in [3.05, 3.63) is 82.9 Å². The quantitative estimate of drug-likeness (QED) is 0.218. The van der Waals surface area contributed by atoms with Gasteiger partial charge in [0.05, 0.1) is 16.3 Å². The van der Waals surface area contributed by atoms with Crippen LogP contribution >= 0.6 is 0 Å². The maximum Gasteiger partial charge on any atom is 0.269 e. The van der Waals surface area contributed by atoms with Crippen LogP contribution in [0, 0.1) is 10.1 Å². The number of hydrogen-bond acceptors (Lipinski definition) is 10. The van der Waals surface area contributed by atoms with Crippen molar-refractivity contribution in [2.75, 3.05) is 30.0 Å². The van der Waals surface area contributed by atoms with E-state index in [9.17, 15) is 10.1 Å². The van der Waals surface area contributed by atoms with Crippen LogP contribution in [-0.4, -0.2) is 34.0 Å². The second-order valence-corrected chi connectivity index (χ2v) is 7.43. The van der Waals surface area contributed by atoms with E-state index in [-0.39, 0.29) is 11.6 Å². The van der Waals surface area contributed by atoms with E-state index in [1.54, 1.807) is 24.3 Å². The summed E-state index contributed by atoms with van der Waals surface area (Å²) < 4.78 is 0. The van der Waals surface area contributed by atoms with E-state index in [4.69, 9.17) is 5.73 Å². The molecule has 4 rings (SSSR count). The number of aromatic nitrogens is 3. The molecule has 0 saturated heterocycles. The van der Waals surface area contributed by atoms with Crippen molar-refractivity contribution in [1.29, 1.82) is 0 Å². The molecule has 0 aliphatic heterocycles. The van der Waals surface area contributed by atoms with Gasteiger partial charge in [0.2, 0.25) is 11.9 Å². The summed E-state index contributed by atoms with van der Waals surface area (Å²) in [6, 6.07) is 20.8. The minimum Gasteiger partial charge on any atom is -0.378 e. The Morgan fingerprint density at radius 3 is 2.00 bits per heavy atom. The molecule has 11 heteroatoms. The van der Waals surface area contributed by atoms with Crippen molar-refractivity contribution in [2.24, 2.45) is 10.2 Å². The predicted octanol–water partition coefficient (Wildman–Crippen LogP) is 5.25. The molecule has 1 heterocycles. The lowest BCUT2D eigenvalue weighted by Crippen LogP contribution is -2.08. The van der Waals surface area contributed by atoms with Crippen molar-refractivity contribution in [3.63, 3.8) is 0 Å². The predicted molar refractivity (Wildman–Crippen MR) is 131 cm³/mol. The number of anilines is 4. The van der Waals surface area contributed by atoms with Crippen LogP contribution in [0.5, 0.6) is 0 Å². The minimum atomic E-state index is -0.462. The zero-order chi connectivity index (χ0) is 24.1. The Bertz CT molecular complexity index is 1320. The molecule has 0 amide bonds. The number of rotatable bonds is 7. The highest BCUT2D eigenvalue weighted by molar-refractivity contribution is 5.64. The summed E-state index contributed by atoms with van der Waals surface area (Å²) in [6.45, 7) is 0. The van der Waals surface area contributed by atoms with Gasteiger partial charge in [0, 0.05) is 43.2 Å².